The molecule has 1 aromatic rings. The molecule has 0 radical (unpaired) electrons. The minimum Gasteiger partial charge on any atom is -0.375 e. The van der Waals surface area contributed by atoms with Gasteiger partial charge in [0.25, 0.3) is 5.91 Å². The minimum atomic E-state index is 0.0950. The van der Waals surface area contributed by atoms with E-state index < -0.39 is 0 Å². The lowest BCUT2D eigenvalue weighted by Gasteiger charge is -2.38. The van der Waals surface area contributed by atoms with E-state index in [2.05, 4.69) is 22.9 Å². The number of halogens is 1. The number of ether oxygens (including phenoxy) is 1. The Morgan fingerprint density at radius 2 is 2.26 bits per heavy atom. The van der Waals surface area contributed by atoms with Gasteiger partial charge in [0.1, 0.15) is 0 Å². The maximum Gasteiger partial charge on any atom is 0.255 e. The standard InChI is InChI=1S/C15H20BrNO2/c1-4-12-9-19-11(3)8-17(12)15(18)13-7-5-6-10(2)14(13)16/h5-7,11-12H,4,8-9H2,1-3H3. The van der Waals surface area contributed by atoms with Gasteiger partial charge in [-0.15, -0.1) is 0 Å². The summed E-state index contributed by atoms with van der Waals surface area (Å²) in [5.74, 6) is 0.0950. The van der Waals surface area contributed by atoms with Gasteiger partial charge < -0.3 is 9.64 Å². The number of amides is 1. The number of morpholine rings is 1. The molecule has 1 aromatic carbocycles. The van der Waals surface area contributed by atoms with Crippen LogP contribution >= 0.6 is 15.9 Å². The molecule has 1 aliphatic heterocycles. The number of nitrogens with zero attached hydrogens (tertiary/aromatic N) is 1. The highest BCUT2D eigenvalue weighted by Gasteiger charge is 2.30. The van der Waals surface area contributed by atoms with Crippen molar-refractivity contribution in [3.8, 4) is 0 Å². The lowest BCUT2D eigenvalue weighted by Crippen LogP contribution is -2.51. The van der Waals surface area contributed by atoms with E-state index in [9.17, 15) is 4.79 Å². The Bertz CT molecular complexity index is 475. The van der Waals surface area contributed by atoms with Crippen LogP contribution in [0.1, 0.15) is 36.2 Å². The fourth-order valence-corrected chi connectivity index (χ4v) is 2.83. The summed E-state index contributed by atoms with van der Waals surface area (Å²) in [5, 5.41) is 0. The van der Waals surface area contributed by atoms with Crippen molar-refractivity contribution < 1.29 is 9.53 Å². The molecule has 3 nitrogen and oxygen atoms in total. The average Bonchev–Trinajstić information content (AvgIpc) is 2.41. The fraction of sp³-hybridized carbons (Fsp3) is 0.533. The molecule has 1 fully saturated rings. The molecule has 1 amide bonds. The Morgan fingerprint density at radius 1 is 1.53 bits per heavy atom. The molecule has 1 aliphatic rings. The zero-order valence-electron chi connectivity index (χ0n) is 11.6. The van der Waals surface area contributed by atoms with Crippen LogP contribution in [0.5, 0.6) is 0 Å². The van der Waals surface area contributed by atoms with Crippen LogP contribution in [0.2, 0.25) is 0 Å². The first-order valence-corrected chi connectivity index (χ1v) is 7.51. The van der Waals surface area contributed by atoms with E-state index in [1.54, 1.807) is 0 Å². The third kappa shape index (κ3) is 3.00. The predicted octanol–water partition coefficient (Wildman–Crippen LogP) is 3.40. The van der Waals surface area contributed by atoms with E-state index in [1.165, 1.54) is 0 Å². The molecule has 19 heavy (non-hydrogen) atoms. The molecular formula is C15H20BrNO2. The van der Waals surface area contributed by atoms with E-state index >= 15 is 0 Å². The van der Waals surface area contributed by atoms with Crippen LogP contribution in [0.3, 0.4) is 0 Å². The quantitative estimate of drug-likeness (QED) is 0.834. The molecular weight excluding hydrogens is 306 g/mol. The summed E-state index contributed by atoms with van der Waals surface area (Å²) in [6, 6.07) is 5.99. The van der Waals surface area contributed by atoms with Gasteiger partial charge in [0.2, 0.25) is 0 Å². The van der Waals surface area contributed by atoms with Crippen molar-refractivity contribution in [3.63, 3.8) is 0 Å². The molecule has 2 rings (SSSR count). The molecule has 1 heterocycles. The van der Waals surface area contributed by atoms with E-state index in [-0.39, 0.29) is 18.1 Å². The van der Waals surface area contributed by atoms with Crippen LogP contribution < -0.4 is 0 Å². The highest BCUT2D eigenvalue weighted by molar-refractivity contribution is 9.10. The molecule has 2 unspecified atom stereocenters. The number of carbonyl (C=O) groups excluding carboxylic acids is 1. The molecule has 1 saturated heterocycles. The predicted molar refractivity (Wildman–Crippen MR) is 79.4 cm³/mol. The molecule has 0 saturated carbocycles. The number of aryl methyl sites for hydroxylation is 1. The summed E-state index contributed by atoms with van der Waals surface area (Å²) in [6.07, 6.45) is 1.03. The molecule has 0 bridgehead atoms. The van der Waals surface area contributed by atoms with Crippen molar-refractivity contribution in [2.24, 2.45) is 0 Å². The van der Waals surface area contributed by atoms with Gasteiger partial charge in [0.15, 0.2) is 0 Å². The van der Waals surface area contributed by atoms with Crippen LogP contribution in [0.4, 0.5) is 0 Å². The van der Waals surface area contributed by atoms with Gasteiger partial charge in [-0.05, 0) is 47.8 Å². The van der Waals surface area contributed by atoms with Crippen molar-refractivity contribution in [3.05, 3.63) is 33.8 Å². The van der Waals surface area contributed by atoms with Crippen LogP contribution in [0, 0.1) is 6.92 Å². The highest BCUT2D eigenvalue weighted by Crippen LogP contribution is 2.25. The Morgan fingerprint density at radius 3 is 2.95 bits per heavy atom. The fourth-order valence-electron chi connectivity index (χ4n) is 2.40. The molecule has 2 atom stereocenters. The largest absolute Gasteiger partial charge is 0.375 e. The van der Waals surface area contributed by atoms with Crippen LogP contribution in [-0.4, -0.2) is 36.1 Å². The number of carbonyl (C=O) groups is 1. The summed E-state index contributed by atoms with van der Waals surface area (Å²) in [4.78, 5) is 14.7. The molecule has 4 heteroatoms. The van der Waals surface area contributed by atoms with Crippen LogP contribution in [0.25, 0.3) is 0 Å². The van der Waals surface area contributed by atoms with Crippen molar-refractivity contribution >= 4 is 21.8 Å². The summed E-state index contributed by atoms with van der Waals surface area (Å²) < 4.78 is 6.54. The van der Waals surface area contributed by atoms with Crippen molar-refractivity contribution in [1.82, 2.24) is 4.90 Å². The van der Waals surface area contributed by atoms with Gasteiger partial charge >= 0.3 is 0 Å². The maximum absolute atomic E-state index is 12.7. The summed E-state index contributed by atoms with van der Waals surface area (Å²) in [6.45, 7) is 7.40. The van der Waals surface area contributed by atoms with Gasteiger partial charge in [-0.3, -0.25) is 4.79 Å². The van der Waals surface area contributed by atoms with Gasteiger partial charge in [0.05, 0.1) is 24.3 Å². The zero-order valence-corrected chi connectivity index (χ0v) is 13.2. The normalized spacial score (nSPS) is 23.5. The van der Waals surface area contributed by atoms with E-state index in [4.69, 9.17) is 4.74 Å². The number of hydrogen-bond donors (Lipinski definition) is 0. The van der Waals surface area contributed by atoms with Crippen LogP contribution in [0.15, 0.2) is 22.7 Å². The molecule has 0 spiro atoms. The zero-order chi connectivity index (χ0) is 14.0. The maximum atomic E-state index is 12.7. The summed E-state index contributed by atoms with van der Waals surface area (Å²) >= 11 is 3.53. The second-order valence-corrected chi connectivity index (χ2v) is 5.89. The Hall–Kier alpha value is -0.870. The minimum absolute atomic E-state index is 0.0950. The first-order valence-electron chi connectivity index (χ1n) is 6.72. The highest BCUT2D eigenvalue weighted by atomic mass is 79.9. The first kappa shape index (κ1) is 14.5. The SMILES string of the molecule is CCC1COC(C)CN1C(=O)c1cccc(C)c1Br. The Balaban J connectivity index is 2.28. The van der Waals surface area contributed by atoms with Crippen molar-refractivity contribution in [2.45, 2.75) is 39.3 Å². The van der Waals surface area contributed by atoms with Crippen LogP contribution in [-0.2, 0) is 4.74 Å². The number of benzene rings is 1. The summed E-state index contributed by atoms with van der Waals surface area (Å²) in [7, 11) is 0. The van der Waals surface area contributed by atoms with E-state index in [0.717, 1.165) is 22.0 Å². The first-order chi connectivity index (χ1) is 9.04. The summed E-state index contributed by atoms with van der Waals surface area (Å²) in [5.41, 5.74) is 1.83. The second kappa shape index (κ2) is 6.06. The molecule has 0 N–H and O–H groups in total. The van der Waals surface area contributed by atoms with Gasteiger partial charge in [-0.2, -0.15) is 0 Å². The Labute approximate surface area is 123 Å². The Kier molecular flexibility index (Phi) is 4.63. The lowest BCUT2D eigenvalue weighted by atomic mass is 10.1. The third-order valence-corrected chi connectivity index (χ3v) is 4.67. The van der Waals surface area contributed by atoms with E-state index in [1.807, 2.05) is 36.9 Å². The molecule has 104 valence electrons. The number of hydrogen-bond acceptors (Lipinski definition) is 2. The molecule has 0 aromatic heterocycles. The van der Waals surface area contributed by atoms with Crippen molar-refractivity contribution in [2.75, 3.05) is 13.2 Å². The lowest BCUT2D eigenvalue weighted by molar-refractivity contribution is -0.0444. The van der Waals surface area contributed by atoms with Gasteiger partial charge in [-0.1, -0.05) is 19.1 Å². The van der Waals surface area contributed by atoms with Crippen molar-refractivity contribution in [1.29, 1.82) is 0 Å². The third-order valence-electron chi connectivity index (χ3n) is 3.62. The second-order valence-electron chi connectivity index (χ2n) is 5.10. The van der Waals surface area contributed by atoms with Gasteiger partial charge in [0, 0.05) is 11.0 Å². The average molecular weight is 326 g/mol. The molecule has 0 aliphatic carbocycles. The number of rotatable bonds is 2. The smallest absolute Gasteiger partial charge is 0.255 e. The van der Waals surface area contributed by atoms with E-state index in [0.29, 0.717) is 13.2 Å². The topological polar surface area (TPSA) is 29.5 Å². The van der Waals surface area contributed by atoms with Gasteiger partial charge in [-0.25, -0.2) is 0 Å². The monoisotopic (exact) mass is 325 g/mol.